The fourth-order valence-corrected chi connectivity index (χ4v) is 2.54. The van der Waals surface area contributed by atoms with E-state index in [4.69, 9.17) is 4.74 Å². The number of benzene rings is 1. The van der Waals surface area contributed by atoms with Crippen LogP contribution in [0.4, 0.5) is 5.82 Å². The molecule has 0 fully saturated rings. The molecule has 0 radical (unpaired) electrons. The highest BCUT2D eigenvalue weighted by Crippen LogP contribution is 2.21. The van der Waals surface area contributed by atoms with Crippen molar-refractivity contribution in [1.29, 1.82) is 0 Å². The second-order valence-electron chi connectivity index (χ2n) is 5.50. The Kier molecular flexibility index (Phi) is 6.15. The van der Waals surface area contributed by atoms with Crippen LogP contribution in [0.15, 0.2) is 42.6 Å². The number of ketones is 1. The van der Waals surface area contributed by atoms with Crippen molar-refractivity contribution < 1.29 is 9.53 Å². The summed E-state index contributed by atoms with van der Waals surface area (Å²) in [7, 11) is 1.59. The first-order chi connectivity index (χ1) is 11.2. The van der Waals surface area contributed by atoms with Crippen molar-refractivity contribution in [2.45, 2.75) is 39.2 Å². The first-order valence-corrected chi connectivity index (χ1v) is 8.09. The molecule has 1 N–H and O–H groups in total. The number of aromatic nitrogens is 1. The molecule has 1 atom stereocenters. The van der Waals surface area contributed by atoms with E-state index in [1.165, 1.54) is 0 Å². The summed E-state index contributed by atoms with van der Waals surface area (Å²) in [5, 5.41) is 3.41. The van der Waals surface area contributed by atoms with Crippen LogP contribution in [0.3, 0.4) is 0 Å². The van der Waals surface area contributed by atoms with E-state index in [0.717, 1.165) is 19.3 Å². The lowest BCUT2D eigenvalue weighted by atomic mass is 10.0. The molecule has 0 aliphatic heterocycles. The number of rotatable bonds is 8. The molecule has 1 aromatic carbocycles. The minimum atomic E-state index is -0.0501. The summed E-state index contributed by atoms with van der Waals surface area (Å²) in [6.07, 6.45) is 4.86. The first-order valence-electron chi connectivity index (χ1n) is 8.09. The summed E-state index contributed by atoms with van der Waals surface area (Å²) in [5.74, 6) is 1.28. The largest absolute Gasteiger partial charge is 0.497 e. The maximum absolute atomic E-state index is 12.8. The van der Waals surface area contributed by atoms with Crippen LogP contribution >= 0.6 is 0 Å². The molecule has 0 aliphatic carbocycles. The minimum absolute atomic E-state index is 0.0501. The number of carbonyl (C=O) groups is 1. The van der Waals surface area contributed by atoms with Gasteiger partial charge >= 0.3 is 0 Å². The third-order valence-corrected chi connectivity index (χ3v) is 3.86. The Labute approximate surface area is 137 Å². The lowest BCUT2D eigenvalue weighted by molar-refractivity contribution is 0.103. The normalized spacial score (nSPS) is 11.8. The lowest BCUT2D eigenvalue weighted by Crippen LogP contribution is -2.21. The molecule has 0 amide bonds. The van der Waals surface area contributed by atoms with Crippen LogP contribution in [-0.4, -0.2) is 23.9 Å². The number of nitrogens with one attached hydrogen (secondary N) is 1. The van der Waals surface area contributed by atoms with E-state index in [0.29, 0.717) is 28.7 Å². The van der Waals surface area contributed by atoms with E-state index in [1.54, 1.807) is 31.5 Å². The van der Waals surface area contributed by atoms with E-state index < -0.39 is 0 Å². The second kappa shape index (κ2) is 8.32. The van der Waals surface area contributed by atoms with Gasteiger partial charge in [0, 0.05) is 17.8 Å². The van der Waals surface area contributed by atoms with Crippen molar-refractivity contribution in [2.24, 2.45) is 0 Å². The predicted octanol–water partition coefficient (Wildman–Crippen LogP) is 4.31. The number of anilines is 1. The van der Waals surface area contributed by atoms with E-state index in [2.05, 4.69) is 24.1 Å². The van der Waals surface area contributed by atoms with Gasteiger partial charge in [0.2, 0.25) is 0 Å². The van der Waals surface area contributed by atoms with Crippen molar-refractivity contribution in [3.8, 4) is 5.75 Å². The van der Waals surface area contributed by atoms with Gasteiger partial charge in [0.05, 0.1) is 12.7 Å². The average molecular weight is 312 g/mol. The quantitative estimate of drug-likeness (QED) is 0.738. The standard InChI is InChI=1S/C19H24N2O2/c1-4-8-15(5-2)21-19-17(11-7-12-20-19)18(22)14-9-6-10-16(13-14)23-3/h6-7,9-13,15H,4-5,8H2,1-3H3,(H,20,21). The number of ether oxygens (including phenoxy) is 1. The van der Waals surface area contributed by atoms with Gasteiger partial charge in [-0.15, -0.1) is 0 Å². The SMILES string of the molecule is CCCC(CC)Nc1ncccc1C(=O)c1cccc(OC)c1. The third kappa shape index (κ3) is 4.31. The van der Waals surface area contributed by atoms with Crippen LogP contribution < -0.4 is 10.1 Å². The molecule has 2 aromatic rings. The number of hydrogen-bond donors (Lipinski definition) is 1. The van der Waals surface area contributed by atoms with Crippen molar-refractivity contribution >= 4 is 11.6 Å². The van der Waals surface area contributed by atoms with Crippen molar-refractivity contribution in [3.05, 3.63) is 53.7 Å². The Morgan fingerprint density at radius 2 is 2.09 bits per heavy atom. The molecule has 0 bridgehead atoms. The van der Waals surface area contributed by atoms with Gasteiger partial charge in [-0.2, -0.15) is 0 Å². The molecule has 122 valence electrons. The Morgan fingerprint density at radius 1 is 1.26 bits per heavy atom. The number of nitrogens with zero attached hydrogens (tertiary/aromatic N) is 1. The highest BCUT2D eigenvalue weighted by atomic mass is 16.5. The number of methoxy groups -OCH3 is 1. The van der Waals surface area contributed by atoms with Crippen LogP contribution in [-0.2, 0) is 0 Å². The zero-order chi connectivity index (χ0) is 16.7. The Morgan fingerprint density at radius 3 is 2.78 bits per heavy atom. The van der Waals surface area contributed by atoms with Gasteiger partial charge in [-0.3, -0.25) is 4.79 Å². The zero-order valence-electron chi connectivity index (χ0n) is 14.0. The summed E-state index contributed by atoms with van der Waals surface area (Å²) < 4.78 is 5.20. The van der Waals surface area contributed by atoms with Gasteiger partial charge < -0.3 is 10.1 Å². The Hall–Kier alpha value is -2.36. The van der Waals surface area contributed by atoms with Gasteiger partial charge in [0.25, 0.3) is 0 Å². The van der Waals surface area contributed by atoms with E-state index in [1.807, 2.05) is 18.2 Å². The van der Waals surface area contributed by atoms with Crippen LogP contribution in [0.5, 0.6) is 5.75 Å². The summed E-state index contributed by atoms with van der Waals surface area (Å²) in [6, 6.07) is 11.1. The average Bonchev–Trinajstić information content (AvgIpc) is 2.61. The van der Waals surface area contributed by atoms with Gasteiger partial charge in [-0.25, -0.2) is 4.98 Å². The molecule has 23 heavy (non-hydrogen) atoms. The first kappa shape index (κ1) is 17.0. The molecule has 1 heterocycles. The molecule has 4 heteroatoms. The van der Waals surface area contributed by atoms with Crippen LogP contribution in [0.2, 0.25) is 0 Å². The number of carbonyl (C=O) groups excluding carboxylic acids is 1. The van der Waals surface area contributed by atoms with Gasteiger partial charge in [-0.05, 0) is 37.1 Å². The van der Waals surface area contributed by atoms with Gasteiger partial charge in [-0.1, -0.05) is 32.4 Å². The third-order valence-electron chi connectivity index (χ3n) is 3.86. The maximum atomic E-state index is 12.8. The van der Waals surface area contributed by atoms with E-state index >= 15 is 0 Å². The molecule has 0 aliphatic rings. The fourth-order valence-electron chi connectivity index (χ4n) is 2.54. The van der Waals surface area contributed by atoms with E-state index in [9.17, 15) is 4.79 Å². The second-order valence-corrected chi connectivity index (χ2v) is 5.50. The van der Waals surface area contributed by atoms with E-state index in [-0.39, 0.29) is 5.78 Å². The molecule has 0 saturated heterocycles. The molecular weight excluding hydrogens is 288 g/mol. The molecule has 4 nitrogen and oxygen atoms in total. The van der Waals surface area contributed by atoms with Crippen LogP contribution in [0, 0.1) is 0 Å². The lowest BCUT2D eigenvalue weighted by Gasteiger charge is -2.18. The Balaban J connectivity index is 2.30. The molecule has 2 rings (SSSR count). The maximum Gasteiger partial charge on any atom is 0.196 e. The molecule has 1 aromatic heterocycles. The smallest absolute Gasteiger partial charge is 0.196 e. The molecular formula is C19H24N2O2. The zero-order valence-corrected chi connectivity index (χ0v) is 14.0. The van der Waals surface area contributed by atoms with Gasteiger partial charge in [0.1, 0.15) is 11.6 Å². The summed E-state index contributed by atoms with van der Waals surface area (Å²) >= 11 is 0. The fraction of sp³-hybridized carbons (Fsp3) is 0.368. The molecule has 0 spiro atoms. The van der Waals surface area contributed by atoms with Crippen molar-refractivity contribution in [1.82, 2.24) is 4.98 Å². The van der Waals surface area contributed by atoms with Gasteiger partial charge in [0.15, 0.2) is 5.78 Å². The highest BCUT2D eigenvalue weighted by molar-refractivity contribution is 6.12. The van der Waals surface area contributed by atoms with Crippen LogP contribution in [0.1, 0.15) is 49.0 Å². The summed E-state index contributed by atoms with van der Waals surface area (Å²) in [4.78, 5) is 17.2. The predicted molar refractivity (Wildman–Crippen MR) is 93.3 cm³/mol. The minimum Gasteiger partial charge on any atom is -0.497 e. The summed E-state index contributed by atoms with van der Waals surface area (Å²) in [5.41, 5.74) is 1.19. The Bertz CT molecular complexity index is 655. The van der Waals surface area contributed by atoms with Crippen molar-refractivity contribution in [2.75, 3.05) is 12.4 Å². The number of hydrogen-bond acceptors (Lipinski definition) is 4. The monoisotopic (exact) mass is 312 g/mol. The number of pyridine rings is 1. The topological polar surface area (TPSA) is 51.2 Å². The van der Waals surface area contributed by atoms with Crippen molar-refractivity contribution in [3.63, 3.8) is 0 Å². The molecule has 0 saturated carbocycles. The highest BCUT2D eigenvalue weighted by Gasteiger charge is 2.17. The van der Waals surface area contributed by atoms with Crippen LogP contribution in [0.25, 0.3) is 0 Å². The molecule has 1 unspecified atom stereocenters. The summed E-state index contributed by atoms with van der Waals surface area (Å²) in [6.45, 7) is 4.30.